The van der Waals surface area contributed by atoms with Crippen LogP contribution in [0.5, 0.6) is 5.88 Å². The van der Waals surface area contributed by atoms with Gasteiger partial charge in [-0.2, -0.15) is 0 Å². The monoisotopic (exact) mass is 556 g/mol. The molecule has 5 heterocycles. The number of aromatic nitrogens is 4. The Labute approximate surface area is 224 Å². The van der Waals surface area contributed by atoms with Gasteiger partial charge in [-0.15, -0.1) is 11.3 Å². The van der Waals surface area contributed by atoms with Gasteiger partial charge in [0.15, 0.2) is 5.01 Å². The predicted octanol–water partition coefficient (Wildman–Crippen LogP) is 3.34. The van der Waals surface area contributed by atoms with Gasteiger partial charge in [0.2, 0.25) is 15.9 Å². The van der Waals surface area contributed by atoms with Crippen molar-refractivity contribution in [2.24, 2.45) is 5.92 Å². The molecule has 2 bridgehead atoms. The molecule has 1 amide bonds. The number of carbonyl (C=O) groups is 1. The third-order valence-corrected chi connectivity index (χ3v) is 9.94. The van der Waals surface area contributed by atoms with Crippen LogP contribution < -0.4 is 14.8 Å². The molecule has 0 aromatic carbocycles. The summed E-state index contributed by atoms with van der Waals surface area (Å²) in [4.78, 5) is 31.6. The minimum atomic E-state index is -3.42. The van der Waals surface area contributed by atoms with E-state index in [4.69, 9.17) is 9.47 Å². The van der Waals surface area contributed by atoms with Gasteiger partial charge in [-0.05, 0) is 51.2 Å². The minimum Gasteiger partial charge on any atom is -0.477 e. The van der Waals surface area contributed by atoms with E-state index in [0.29, 0.717) is 47.3 Å². The van der Waals surface area contributed by atoms with Gasteiger partial charge in [0.05, 0.1) is 58.8 Å². The number of ether oxygens (including phenoxy) is 2. The molecule has 38 heavy (non-hydrogen) atoms. The van der Waals surface area contributed by atoms with Gasteiger partial charge in [0.1, 0.15) is 5.69 Å². The molecule has 3 aliphatic rings. The van der Waals surface area contributed by atoms with Crippen LogP contribution in [0.4, 0.5) is 5.69 Å². The number of rotatable bonds is 10. The first-order valence-corrected chi connectivity index (χ1v) is 15.1. The first-order chi connectivity index (χ1) is 18.4. The van der Waals surface area contributed by atoms with Crippen LogP contribution in [0.3, 0.4) is 0 Å². The number of sulfonamides is 1. The van der Waals surface area contributed by atoms with Crippen molar-refractivity contribution >= 4 is 33.0 Å². The zero-order valence-electron chi connectivity index (χ0n) is 20.7. The van der Waals surface area contributed by atoms with Crippen molar-refractivity contribution in [2.45, 2.75) is 62.5 Å². The number of amides is 1. The van der Waals surface area contributed by atoms with E-state index in [9.17, 15) is 13.2 Å². The van der Waals surface area contributed by atoms with Crippen LogP contribution in [-0.4, -0.2) is 58.3 Å². The zero-order valence-corrected chi connectivity index (χ0v) is 22.4. The fraction of sp³-hybridized carbons (Fsp3) is 0.480. The Hall–Kier alpha value is -3.16. The van der Waals surface area contributed by atoms with E-state index >= 15 is 0 Å². The molecule has 200 valence electrons. The number of carbonyl (C=O) groups excluding carboxylic acids is 1. The van der Waals surface area contributed by atoms with Crippen molar-refractivity contribution in [3.8, 4) is 16.5 Å². The average Bonchev–Trinajstić information content (AvgIpc) is 3.31. The molecule has 3 aromatic heterocycles. The molecule has 4 atom stereocenters. The molecule has 3 fully saturated rings. The zero-order chi connectivity index (χ0) is 26.3. The second kappa shape index (κ2) is 10.2. The molecular formula is C25H28N6O5S2. The quantitative estimate of drug-likeness (QED) is 0.384. The number of hydrogen-bond donors (Lipinski definition) is 2. The highest BCUT2D eigenvalue weighted by Crippen LogP contribution is 2.45. The van der Waals surface area contributed by atoms with Crippen LogP contribution in [-0.2, 0) is 14.8 Å². The standard InChI is InChI=1S/C25H28N6O5S2/c1-2-35-22-13-26-11-19(29-22)21-12-28-25(37-21)24(32)30-23(17-10-15-3-6-20(17)36-15)18-9-14(7-8-27-18)31-38(33,34)16-4-5-16/h7-9,11-13,15-17,20,23H,2-6,10H2,1H3,(H,27,31)(H,30,32)/t15-,17+,20+,23+/m0/s1. The largest absolute Gasteiger partial charge is 0.477 e. The van der Waals surface area contributed by atoms with Gasteiger partial charge in [-0.25, -0.2) is 18.4 Å². The summed E-state index contributed by atoms with van der Waals surface area (Å²) in [7, 11) is -3.42. The van der Waals surface area contributed by atoms with E-state index in [1.165, 1.54) is 17.5 Å². The lowest BCUT2D eigenvalue weighted by Gasteiger charge is -2.29. The first kappa shape index (κ1) is 25.1. The molecule has 2 saturated heterocycles. The maximum absolute atomic E-state index is 13.4. The predicted molar refractivity (Wildman–Crippen MR) is 140 cm³/mol. The SMILES string of the molecule is CCOc1cncc(-c2cnc(C(=O)N[C@@H](c3cc(NS(=O)(=O)C4CC4)ccn3)[C@@H]3C[C@@H]4CC[C@H]3O4)s2)n1. The number of nitrogens with zero attached hydrogens (tertiary/aromatic N) is 4. The van der Waals surface area contributed by atoms with Crippen LogP contribution in [0.25, 0.3) is 10.6 Å². The molecule has 1 saturated carbocycles. The number of nitrogens with one attached hydrogen (secondary N) is 2. The second-order valence-electron chi connectivity index (χ2n) is 9.75. The Bertz CT molecular complexity index is 1440. The van der Waals surface area contributed by atoms with E-state index < -0.39 is 16.1 Å². The van der Waals surface area contributed by atoms with Gasteiger partial charge in [-0.3, -0.25) is 19.5 Å². The lowest BCUT2D eigenvalue weighted by atomic mass is 9.82. The fourth-order valence-corrected chi connectivity index (χ4v) is 7.27. The molecule has 11 nitrogen and oxygen atoms in total. The lowest BCUT2D eigenvalue weighted by Crippen LogP contribution is -2.38. The van der Waals surface area contributed by atoms with Crippen molar-refractivity contribution in [3.63, 3.8) is 0 Å². The van der Waals surface area contributed by atoms with E-state index in [2.05, 4.69) is 30.0 Å². The fourth-order valence-electron chi connectivity index (χ4n) is 5.12. The van der Waals surface area contributed by atoms with Crippen molar-refractivity contribution in [3.05, 3.63) is 47.6 Å². The normalized spacial score (nSPS) is 23.2. The Morgan fingerprint density at radius 2 is 2.08 bits per heavy atom. The Balaban J connectivity index is 1.25. The maximum atomic E-state index is 13.4. The van der Waals surface area contributed by atoms with Gasteiger partial charge >= 0.3 is 0 Å². The third-order valence-electron chi connectivity index (χ3n) is 7.05. The van der Waals surface area contributed by atoms with Gasteiger partial charge in [0, 0.05) is 18.3 Å². The molecule has 3 aromatic rings. The van der Waals surface area contributed by atoms with Crippen LogP contribution in [0, 0.1) is 5.92 Å². The van der Waals surface area contributed by atoms with E-state index in [1.54, 1.807) is 30.7 Å². The van der Waals surface area contributed by atoms with Crippen molar-refractivity contribution in [1.29, 1.82) is 0 Å². The van der Waals surface area contributed by atoms with Crippen LogP contribution in [0.1, 0.15) is 60.6 Å². The van der Waals surface area contributed by atoms with Crippen LogP contribution >= 0.6 is 11.3 Å². The number of pyridine rings is 1. The summed E-state index contributed by atoms with van der Waals surface area (Å²) < 4.78 is 39.2. The van der Waals surface area contributed by atoms with Gasteiger partial charge in [0.25, 0.3) is 5.91 Å². The maximum Gasteiger partial charge on any atom is 0.280 e. The summed E-state index contributed by atoms with van der Waals surface area (Å²) in [6.45, 7) is 2.34. The van der Waals surface area contributed by atoms with E-state index in [-0.39, 0.29) is 34.3 Å². The summed E-state index contributed by atoms with van der Waals surface area (Å²) in [6.07, 6.45) is 10.6. The van der Waals surface area contributed by atoms with Gasteiger partial charge in [-0.1, -0.05) is 0 Å². The van der Waals surface area contributed by atoms with Crippen molar-refractivity contribution < 1.29 is 22.7 Å². The highest BCUT2D eigenvalue weighted by atomic mass is 32.2. The van der Waals surface area contributed by atoms with Crippen molar-refractivity contribution in [2.75, 3.05) is 11.3 Å². The smallest absolute Gasteiger partial charge is 0.280 e. The Kier molecular flexibility index (Phi) is 6.74. The van der Waals surface area contributed by atoms with Gasteiger partial charge < -0.3 is 14.8 Å². The molecule has 1 aliphatic carbocycles. The van der Waals surface area contributed by atoms with E-state index in [1.807, 2.05) is 6.92 Å². The second-order valence-corrected chi connectivity index (χ2v) is 12.7. The van der Waals surface area contributed by atoms with Crippen LogP contribution in [0.15, 0.2) is 36.9 Å². The first-order valence-electron chi connectivity index (χ1n) is 12.7. The van der Waals surface area contributed by atoms with Crippen LogP contribution in [0.2, 0.25) is 0 Å². The number of thiazole rings is 1. The molecule has 0 radical (unpaired) electrons. The Morgan fingerprint density at radius 3 is 2.82 bits per heavy atom. The highest BCUT2D eigenvalue weighted by molar-refractivity contribution is 7.93. The molecular weight excluding hydrogens is 528 g/mol. The lowest BCUT2D eigenvalue weighted by molar-refractivity contribution is 0.0790. The average molecular weight is 557 g/mol. The van der Waals surface area contributed by atoms with E-state index in [0.717, 1.165) is 19.3 Å². The highest BCUT2D eigenvalue weighted by Gasteiger charge is 2.46. The molecule has 2 N–H and O–H groups in total. The molecule has 0 unspecified atom stereocenters. The minimum absolute atomic E-state index is 0.0161. The summed E-state index contributed by atoms with van der Waals surface area (Å²) in [5, 5.41) is 3.07. The molecule has 2 aliphatic heterocycles. The Morgan fingerprint density at radius 1 is 1.21 bits per heavy atom. The molecule has 13 heteroatoms. The number of fused-ring (bicyclic) bond motifs is 2. The topological polar surface area (TPSA) is 145 Å². The summed E-state index contributed by atoms with van der Waals surface area (Å²) in [6, 6.07) is 2.87. The molecule has 6 rings (SSSR count). The summed E-state index contributed by atoms with van der Waals surface area (Å²) in [5.74, 6) is 0.0892. The summed E-state index contributed by atoms with van der Waals surface area (Å²) in [5.41, 5.74) is 1.60. The molecule has 0 spiro atoms. The number of hydrogen-bond acceptors (Lipinski definition) is 10. The third kappa shape index (κ3) is 5.22. The number of anilines is 1. The van der Waals surface area contributed by atoms with Crippen molar-refractivity contribution in [1.82, 2.24) is 25.3 Å². The summed E-state index contributed by atoms with van der Waals surface area (Å²) >= 11 is 1.21.